The zero-order valence-electron chi connectivity index (χ0n) is 11.8. The molecule has 0 amide bonds. The molecule has 1 aromatic carbocycles. The van der Waals surface area contributed by atoms with Gasteiger partial charge in [0.1, 0.15) is 0 Å². The molecule has 3 nitrogen and oxygen atoms in total. The zero-order valence-corrected chi connectivity index (χ0v) is 12.6. The Bertz CT molecular complexity index is 649. The van der Waals surface area contributed by atoms with Gasteiger partial charge in [-0.3, -0.25) is 4.90 Å². The van der Waals surface area contributed by atoms with Gasteiger partial charge in [0, 0.05) is 30.2 Å². The molecule has 0 aliphatic heterocycles. The van der Waals surface area contributed by atoms with E-state index in [4.69, 9.17) is 5.73 Å². The quantitative estimate of drug-likeness (QED) is 0.905. The molecule has 2 aromatic rings. The summed E-state index contributed by atoms with van der Waals surface area (Å²) in [6.45, 7) is 0.879. The standard InChI is InChI=1S/C15H16F3N3S/c16-15(17,18)13-4-2-1-3-10(13)8-21(11-5-6-11)9-12-7-20-14(19)22-12/h1-4,7,11H,5-6,8-9H2,(H2,19,20). The molecular formula is C15H16F3N3S. The Kier molecular flexibility index (Phi) is 4.10. The number of benzene rings is 1. The van der Waals surface area contributed by atoms with Gasteiger partial charge in [-0.15, -0.1) is 11.3 Å². The summed E-state index contributed by atoms with van der Waals surface area (Å²) in [7, 11) is 0. The normalized spacial score (nSPS) is 15.5. The van der Waals surface area contributed by atoms with Gasteiger partial charge in [-0.05, 0) is 24.5 Å². The summed E-state index contributed by atoms with van der Waals surface area (Å²) >= 11 is 1.38. The minimum Gasteiger partial charge on any atom is -0.375 e. The van der Waals surface area contributed by atoms with Crippen LogP contribution in [0.5, 0.6) is 0 Å². The number of nitrogen functional groups attached to an aromatic ring is 1. The highest BCUT2D eigenvalue weighted by atomic mass is 32.1. The van der Waals surface area contributed by atoms with Crippen LogP contribution in [0.1, 0.15) is 28.8 Å². The molecule has 0 unspecified atom stereocenters. The first kappa shape index (κ1) is 15.3. The van der Waals surface area contributed by atoms with Crippen LogP contribution in [0.2, 0.25) is 0 Å². The summed E-state index contributed by atoms with van der Waals surface area (Å²) in [4.78, 5) is 7.06. The predicted molar refractivity (Wildman–Crippen MR) is 80.2 cm³/mol. The molecule has 1 aliphatic rings. The molecule has 1 aromatic heterocycles. The van der Waals surface area contributed by atoms with Crippen molar-refractivity contribution < 1.29 is 13.2 Å². The fraction of sp³-hybridized carbons (Fsp3) is 0.400. The molecule has 0 bridgehead atoms. The second kappa shape index (κ2) is 5.89. The number of hydrogen-bond acceptors (Lipinski definition) is 4. The predicted octanol–water partition coefficient (Wildman–Crippen LogP) is 3.91. The third kappa shape index (κ3) is 3.59. The number of thiazole rings is 1. The van der Waals surface area contributed by atoms with E-state index >= 15 is 0 Å². The fourth-order valence-electron chi connectivity index (χ4n) is 2.50. The van der Waals surface area contributed by atoms with Crippen molar-refractivity contribution in [3.05, 3.63) is 46.5 Å². The molecule has 0 spiro atoms. The summed E-state index contributed by atoms with van der Waals surface area (Å²) < 4.78 is 39.3. The highest BCUT2D eigenvalue weighted by molar-refractivity contribution is 7.15. The van der Waals surface area contributed by atoms with Crippen molar-refractivity contribution in [1.82, 2.24) is 9.88 Å². The number of halogens is 3. The van der Waals surface area contributed by atoms with E-state index in [0.717, 1.165) is 23.8 Å². The first-order chi connectivity index (χ1) is 10.4. The Morgan fingerprint density at radius 3 is 2.55 bits per heavy atom. The molecule has 1 fully saturated rings. The summed E-state index contributed by atoms with van der Waals surface area (Å²) in [5.41, 5.74) is 5.39. The molecule has 0 atom stereocenters. The second-order valence-corrected chi connectivity index (χ2v) is 6.60. The lowest BCUT2D eigenvalue weighted by Gasteiger charge is -2.23. The molecule has 7 heteroatoms. The van der Waals surface area contributed by atoms with Crippen LogP contribution < -0.4 is 5.73 Å². The van der Waals surface area contributed by atoms with Crippen LogP contribution in [-0.4, -0.2) is 15.9 Å². The minimum atomic E-state index is -4.32. The number of nitrogens with two attached hydrogens (primary N) is 1. The Balaban J connectivity index is 1.80. The summed E-state index contributed by atoms with van der Waals surface area (Å²) in [5, 5.41) is 0.487. The molecule has 2 N–H and O–H groups in total. The van der Waals surface area contributed by atoms with Crippen LogP contribution in [0, 0.1) is 0 Å². The van der Waals surface area contributed by atoms with Gasteiger partial charge in [0.05, 0.1) is 5.56 Å². The molecule has 1 saturated carbocycles. The van der Waals surface area contributed by atoms with Crippen molar-refractivity contribution in [3.8, 4) is 0 Å². The van der Waals surface area contributed by atoms with E-state index in [1.807, 2.05) is 0 Å². The van der Waals surface area contributed by atoms with Crippen molar-refractivity contribution in [2.75, 3.05) is 5.73 Å². The van der Waals surface area contributed by atoms with Gasteiger partial charge in [-0.2, -0.15) is 13.2 Å². The maximum Gasteiger partial charge on any atom is 0.416 e. The Labute approximate surface area is 130 Å². The molecule has 0 radical (unpaired) electrons. The van der Waals surface area contributed by atoms with E-state index in [0.29, 0.717) is 23.3 Å². The monoisotopic (exact) mass is 327 g/mol. The van der Waals surface area contributed by atoms with Crippen molar-refractivity contribution in [1.29, 1.82) is 0 Å². The third-order valence-electron chi connectivity index (χ3n) is 3.69. The Morgan fingerprint density at radius 2 is 1.95 bits per heavy atom. The van der Waals surface area contributed by atoms with Crippen LogP contribution >= 0.6 is 11.3 Å². The molecule has 1 aliphatic carbocycles. The van der Waals surface area contributed by atoms with E-state index in [1.54, 1.807) is 18.3 Å². The summed E-state index contributed by atoms with van der Waals surface area (Å²) in [5.74, 6) is 0. The van der Waals surface area contributed by atoms with Crippen LogP contribution in [0.25, 0.3) is 0 Å². The molecule has 0 saturated heterocycles. The van der Waals surface area contributed by atoms with E-state index in [9.17, 15) is 13.2 Å². The largest absolute Gasteiger partial charge is 0.416 e. The molecular weight excluding hydrogens is 311 g/mol. The lowest BCUT2D eigenvalue weighted by atomic mass is 10.1. The number of nitrogens with zero attached hydrogens (tertiary/aromatic N) is 2. The van der Waals surface area contributed by atoms with Gasteiger partial charge in [0.15, 0.2) is 5.13 Å². The van der Waals surface area contributed by atoms with Crippen molar-refractivity contribution in [2.45, 2.75) is 38.1 Å². The fourth-order valence-corrected chi connectivity index (χ4v) is 3.21. The lowest BCUT2D eigenvalue weighted by molar-refractivity contribution is -0.138. The molecule has 22 heavy (non-hydrogen) atoms. The average molecular weight is 327 g/mol. The van der Waals surface area contributed by atoms with E-state index in [2.05, 4.69) is 9.88 Å². The van der Waals surface area contributed by atoms with Gasteiger partial charge in [0.2, 0.25) is 0 Å². The first-order valence-corrected chi connectivity index (χ1v) is 7.84. The van der Waals surface area contributed by atoms with Gasteiger partial charge >= 0.3 is 6.18 Å². The summed E-state index contributed by atoms with van der Waals surface area (Å²) in [6.07, 6.45) is -0.559. The lowest BCUT2D eigenvalue weighted by Crippen LogP contribution is -2.26. The maximum absolute atomic E-state index is 13.1. The SMILES string of the molecule is Nc1ncc(CN(Cc2ccccc2C(F)(F)F)C2CC2)s1. The van der Waals surface area contributed by atoms with Crippen LogP contribution in [0.3, 0.4) is 0 Å². The maximum atomic E-state index is 13.1. The van der Waals surface area contributed by atoms with Gasteiger partial charge in [-0.25, -0.2) is 4.98 Å². The Hall–Kier alpha value is -1.60. The minimum absolute atomic E-state index is 0.290. The number of aromatic nitrogens is 1. The van der Waals surface area contributed by atoms with Crippen LogP contribution in [0.4, 0.5) is 18.3 Å². The number of alkyl halides is 3. The van der Waals surface area contributed by atoms with Crippen molar-refractivity contribution in [2.24, 2.45) is 0 Å². The third-order valence-corrected chi connectivity index (χ3v) is 4.50. The molecule has 3 rings (SSSR count). The number of hydrogen-bond donors (Lipinski definition) is 1. The average Bonchev–Trinajstić information content (AvgIpc) is 3.22. The summed E-state index contributed by atoms with van der Waals surface area (Å²) in [6, 6.07) is 6.13. The highest BCUT2D eigenvalue weighted by Crippen LogP contribution is 2.35. The first-order valence-electron chi connectivity index (χ1n) is 7.03. The van der Waals surface area contributed by atoms with E-state index in [-0.39, 0.29) is 6.54 Å². The van der Waals surface area contributed by atoms with Crippen molar-refractivity contribution in [3.63, 3.8) is 0 Å². The second-order valence-electron chi connectivity index (χ2n) is 5.46. The van der Waals surface area contributed by atoms with Gasteiger partial charge < -0.3 is 5.73 Å². The van der Waals surface area contributed by atoms with Crippen molar-refractivity contribution >= 4 is 16.5 Å². The molecule has 118 valence electrons. The Morgan fingerprint density at radius 1 is 1.23 bits per heavy atom. The van der Waals surface area contributed by atoms with E-state index < -0.39 is 11.7 Å². The van der Waals surface area contributed by atoms with Crippen LogP contribution in [-0.2, 0) is 19.3 Å². The van der Waals surface area contributed by atoms with Gasteiger partial charge in [0.25, 0.3) is 0 Å². The smallest absolute Gasteiger partial charge is 0.375 e. The number of anilines is 1. The van der Waals surface area contributed by atoms with Gasteiger partial charge in [-0.1, -0.05) is 18.2 Å². The van der Waals surface area contributed by atoms with Crippen LogP contribution in [0.15, 0.2) is 30.5 Å². The highest BCUT2D eigenvalue weighted by Gasteiger charge is 2.35. The molecule has 1 heterocycles. The number of rotatable bonds is 5. The zero-order chi connectivity index (χ0) is 15.7. The topological polar surface area (TPSA) is 42.1 Å². The van der Waals surface area contributed by atoms with E-state index in [1.165, 1.54) is 17.4 Å².